The van der Waals surface area contributed by atoms with Gasteiger partial charge in [-0.25, -0.2) is 4.79 Å². The van der Waals surface area contributed by atoms with E-state index in [1.165, 1.54) is 13.2 Å². The van der Waals surface area contributed by atoms with Crippen LogP contribution in [0.15, 0.2) is 54.1 Å². The van der Waals surface area contributed by atoms with Crippen molar-refractivity contribution in [3.63, 3.8) is 0 Å². The number of hydrogen-bond acceptors (Lipinski definition) is 5. The monoisotopic (exact) mass is 376 g/mol. The summed E-state index contributed by atoms with van der Waals surface area (Å²) in [6.45, 7) is 0.280. The Bertz CT molecular complexity index is 938. The van der Waals surface area contributed by atoms with Gasteiger partial charge >= 0.3 is 5.97 Å². The van der Waals surface area contributed by atoms with E-state index in [1.807, 2.05) is 18.2 Å². The lowest BCUT2D eigenvalue weighted by atomic mass is 10.1. The number of rotatable bonds is 7. The number of benzene rings is 2. The van der Waals surface area contributed by atoms with Gasteiger partial charge in [0, 0.05) is 11.6 Å². The van der Waals surface area contributed by atoms with E-state index in [1.54, 1.807) is 36.4 Å². The molecule has 0 aromatic heterocycles. The van der Waals surface area contributed by atoms with Gasteiger partial charge in [-0.1, -0.05) is 30.3 Å². The lowest BCUT2D eigenvalue weighted by molar-refractivity contribution is -0.117. The molecule has 1 fully saturated rings. The van der Waals surface area contributed by atoms with Crippen LogP contribution in [-0.2, 0) is 16.1 Å². The minimum atomic E-state index is -0.392. The summed E-state index contributed by atoms with van der Waals surface area (Å²) in [7, 11) is 1.34. The van der Waals surface area contributed by atoms with E-state index in [4.69, 9.17) is 4.74 Å². The first kappa shape index (κ1) is 19.2. The zero-order chi connectivity index (χ0) is 19.9. The van der Waals surface area contributed by atoms with Crippen molar-refractivity contribution < 1.29 is 19.1 Å². The summed E-state index contributed by atoms with van der Waals surface area (Å²) >= 11 is 0. The number of nitriles is 1. The minimum absolute atomic E-state index is 0.0466. The lowest BCUT2D eigenvalue weighted by Crippen LogP contribution is -2.26. The predicted molar refractivity (Wildman–Crippen MR) is 103 cm³/mol. The van der Waals surface area contributed by atoms with Gasteiger partial charge in [-0.05, 0) is 42.7 Å². The van der Waals surface area contributed by atoms with Crippen LogP contribution in [0.2, 0.25) is 0 Å². The molecular formula is C22H20N2O4. The molecule has 0 spiro atoms. The molecule has 28 heavy (non-hydrogen) atoms. The highest BCUT2D eigenvalue weighted by molar-refractivity contribution is 6.02. The molecule has 0 saturated heterocycles. The fourth-order valence-electron chi connectivity index (χ4n) is 2.54. The molecule has 6 heteroatoms. The van der Waals surface area contributed by atoms with Gasteiger partial charge in [-0.15, -0.1) is 0 Å². The number of nitrogens with one attached hydrogen (secondary N) is 1. The van der Waals surface area contributed by atoms with Crippen LogP contribution in [0.3, 0.4) is 0 Å². The number of esters is 1. The molecule has 0 unspecified atom stereocenters. The molecule has 3 rings (SSSR count). The largest absolute Gasteiger partial charge is 0.488 e. The third-order valence-electron chi connectivity index (χ3n) is 4.27. The summed E-state index contributed by atoms with van der Waals surface area (Å²) in [6.07, 6.45) is 3.45. The molecule has 0 bridgehead atoms. The molecule has 1 N–H and O–H groups in total. The van der Waals surface area contributed by atoms with Crippen molar-refractivity contribution in [2.24, 2.45) is 0 Å². The highest BCUT2D eigenvalue weighted by Crippen LogP contribution is 2.23. The molecule has 142 valence electrons. The second kappa shape index (κ2) is 8.87. The first-order chi connectivity index (χ1) is 13.6. The zero-order valence-electron chi connectivity index (χ0n) is 15.5. The molecule has 1 aliphatic rings. The highest BCUT2D eigenvalue weighted by Gasteiger charge is 2.24. The first-order valence-corrected chi connectivity index (χ1v) is 8.92. The lowest BCUT2D eigenvalue weighted by Gasteiger charge is -2.10. The van der Waals surface area contributed by atoms with Crippen molar-refractivity contribution in [1.29, 1.82) is 5.26 Å². The summed E-state index contributed by atoms with van der Waals surface area (Å²) < 4.78 is 10.5. The fourth-order valence-corrected chi connectivity index (χ4v) is 2.54. The van der Waals surface area contributed by atoms with Gasteiger partial charge in [-0.3, -0.25) is 4.79 Å². The number of hydrogen-bond donors (Lipinski definition) is 1. The topological polar surface area (TPSA) is 88.4 Å². The molecule has 1 aliphatic carbocycles. The van der Waals surface area contributed by atoms with Crippen LogP contribution in [0.25, 0.3) is 6.08 Å². The van der Waals surface area contributed by atoms with E-state index in [0.717, 1.165) is 18.4 Å². The zero-order valence-corrected chi connectivity index (χ0v) is 15.5. The van der Waals surface area contributed by atoms with E-state index < -0.39 is 5.97 Å². The Balaban J connectivity index is 1.71. The summed E-state index contributed by atoms with van der Waals surface area (Å²) in [4.78, 5) is 23.6. The maximum atomic E-state index is 12.2. The molecule has 1 amide bonds. The molecule has 0 radical (unpaired) electrons. The van der Waals surface area contributed by atoms with Crippen molar-refractivity contribution >= 4 is 18.0 Å². The van der Waals surface area contributed by atoms with Crippen molar-refractivity contribution in [1.82, 2.24) is 5.32 Å². The van der Waals surface area contributed by atoms with Crippen molar-refractivity contribution in [3.8, 4) is 11.8 Å². The van der Waals surface area contributed by atoms with E-state index in [0.29, 0.717) is 16.9 Å². The normalized spacial score (nSPS) is 13.4. The van der Waals surface area contributed by atoms with Gasteiger partial charge in [0.15, 0.2) is 0 Å². The van der Waals surface area contributed by atoms with E-state index in [2.05, 4.69) is 10.1 Å². The third-order valence-corrected chi connectivity index (χ3v) is 4.27. The third kappa shape index (κ3) is 4.98. The molecule has 2 aromatic carbocycles. The van der Waals surface area contributed by atoms with Crippen molar-refractivity contribution in [2.45, 2.75) is 25.5 Å². The van der Waals surface area contributed by atoms with Gasteiger partial charge in [0.25, 0.3) is 5.91 Å². The number of para-hydroxylation sites is 1. The average Bonchev–Trinajstić information content (AvgIpc) is 3.54. The standard InChI is InChI=1S/C22H20N2O4/c1-27-22(26)16-8-6-15(7-9-16)14-28-20-5-3-2-4-17(20)12-18(13-23)21(25)24-19-10-11-19/h2-9,12,19H,10-11,14H2,1H3,(H,24,25)/b18-12+. The van der Waals surface area contributed by atoms with E-state index in [-0.39, 0.29) is 24.1 Å². The van der Waals surface area contributed by atoms with Gasteiger partial charge < -0.3 is 14.8 Å². The first-order valence-electron chi connectivity index (χ1n) is 8.92. The molecule has 0 heterocycles. The molecule has 2 aromatic rings. The second-order valence-electron chi connectivity index (χ2n) is 6.43. The number of ether oxygens (including phenoxy) is 2. The minimum Gasteiger partial charge on any atom is -0.488 e. The highest BCUT2D eigenvalue weighted by atomic mass is 16.5. The van der Waals surface area contributed by atoms with Crippen LogP contribution in [0.5, 0.6) is 5.75 Å². The maximum Gasteiger partial charge on any atom is 0.337 e. The molecule has 6 nitrogen and oxygen atoms in total. The Morgan fingerprint density at radius 2 is 1.89 bits per heavy atom. The fraction of sp³-hybridized carbons (Fsp3) is 0.227. The van der Waals surface area contributed by atoms with Gasteiger partial charge in [-0.2, -0.15) is 5.26 Å². The van der Waals surface area contributed by atoms with Gasteiger partial charge in [0.05, 0.1) is 12.7 Å². The maximum absolute atomic E-state index is 12.2. The number of carbonyl (C=O) groups is 2. The Hall–Kier alpha value is -3.59. The van der Waals surface area contributed by atoms with Gasteiger partial charge in [0.2, 0.25) is 0 Å². The number of carbonyl (C=O) groups excluding carboxylic acids is 2. The van der Waals surface area contributed by atoms with Gasteiger partial charge in [0.1, 0.15) is 24.0 Å². The summed E-state index contributed by atoms with van der Waals surface area (Å²) in [5, 5.41) is 12.1. The average molecular weight is 376 g/mol. The molecule has 0 atom stereocenters. The quantitative estimate of drug-likeness (QED) is 0.455. The number of methoxy groups -OCH3 is 1. The summed E-state index contributed by atoms with van der Waals surface area (Å²) in [5.74, 6) is -0.193. The Kier molecular flexibility index (Phi) is 6.07. The van der Waals surface area contributed by atoms with Crippen molar-refractivity contribution in [3.05, 3.63) is 70.8 Å². The molecule has 0 aliphatic heterocycles. The van der Waals surface area contributed by atoms with Crippen LogP contribution < -0.4 is 10.1 Å². The van der Waals surface area contributed by atoms with E-state index in [9.17, 15) is 14.9 Å². The van der Waals surface area contributed by atoms with E-state index >= 15 is 0 Å². The predicted octanol–water partition coefficient (Wildman–Crippen LogP) is 3.24. The summed E-state index contributed by atoms with van der Waals surface area (Å²) in [6, 6.07) is 16.3. The molecule has 1 saturated carbocycles. The van der Waals surface area contributed by atoms with Crippen molar-refractivity contribution in [2.75, 3.05) is 7.11 Å². The smallest absolute Gasteiger partial charge is 0.337 e. The SMILES string of the molecule is COC(=O)c1ccc(COc2ccccc2/C=C(\C#N)C(=O)NC2CC2)cc1. The van der Waals surface area contributed by atoms with Crippen LogP contribution in [0.4, 0.5) is 0 Å². The van der Waals surface area contributed by atoms with Crippen LogP contribution in [-0.4, -0.2) is 25.0 Å². The number of amides is 1. The Morgan fingerprint density at radius 3 is 2.54 bits per heavy atom. The Labute approximate surface area is 163 Å². The second-order valence-corrected chi connectivity index (χ2v) is 6.43. The Morgan fingerprint density at radius 1 is 1.18 bits per heavy atom. The van der Waals surface area contributed by atoms with Crippen LogP contribution in [0, 0.1) is 11.3 Å². The van der Waals surface area contributed by atoms with Crippen LogP contribution >= 0.6 is 0 Å². The summed E-state index contributed by atoms with van der Waals surface area (Å²) in [5.41, 5.74) is 2.04. The molecular weight excluding hydrogens is 356 g/mol. The van der Waals surface area contributed by atoms with Crippen LogP contribution in [0.1, 0.15) is 34.3 Å². The number of nitrogens with zero attached hydrogens (tertiary/aromatic N) is 1.